The normalized spacial score (nSPS) is 21.0. The number of nitrogens with two attached hydrogens (primary N) is 1. The molecule has 3 N–H and O–H groups in total. The maximum absolute atomic E-state index is 12.6. The molecular formula is C28H33N5O3S. The van der Waals surface area contributed by atoms with Crippen LogP contribution >= 0.6 is 0 Å². The second-order valence-electron chi connectivity index (χ2n) is 10.5. The van der Waals surface area contributed by atoms with Crippen LogP contribution in [0.2, 0.25) is 0 Å². The SMILES string of the molecule is Cc1ccc(S(=O)(=O)NC[C@H]2CC[C@H](c3ccc(C4=Nc5c(N)ncnc5OC4(C)C)cc3)CC2)cc1. The molecule has 9 heteroatoms. The molecular weight excluding hydrogens is 486 g/mol. The Morgan fingerprint density at radius 3 is 2.35 bits per heavy atom. The van der Waals surface area contributed by atoms with Crippen molar-refractivity contribution in [3.8, 4) is 5.88 Å². The van der Waals surface area contributed by atoms with Crippen LogP contribution in [0, 0.1) is 12.8 Å². The third kappa shape index (κ3) is 5.38. The predicted octanol–water partition coefficient (Wildman–Crippen LogP) is 4.91. The van der Waals surface area contributed by atoms with Gasteiger partial charge >= 0.3 is 0 Å². The van der Waals surface area contributed by atoms with Crippen LogP contribution in [0.3, 0.4) is 0 Å². The molecule has 1 saturated carbocycles. The molecule has 8 nitrogen and oxygen atoms in total. The fraction of sp³-hybridized carbons (Fsp3) is 0.393. The largest absolute Gasteiger partial charge is 0.463 e. The van der Waals surface area contributed by atoms with E-state index in [-0.39, 0.29) is 0 Å². The zero-order valence-electron chi connectivity index (χ0n) is 21.4. The first-order valence-corrected chi connectivity index (χ1v) is 14.2. The van der Waals surface area contributed by atoms with Crippen molar-refractivity contribution in [1.82, 2.24) is 14.7 Å². The second-order valence-corrected chi connectivity index (χ2v) is 12.3. The molecule has 0 spiro atoms. The van der Waals surface area contributed by atoms with Gasteiger partial charge in [-0.25, -0.2) is 23.1 Å². The van der Waals surface area contributed by atoms with Gasteiger partial charge in [0.05, 0.1) is 10.6 Å². The molecule has 0 amide bonds. The van der Waals surface area contributed by atoms with Crippen LogP contribution in [0.1, 0.15) is 62.1 Å². The first-order chi connectivity index (χ1) is 17.6. The molecule has 1 aliphatic carbocycles. The van der Waals surface area contributed by atoms with Gasteiger partial charge in [-0.2, -0.15) is 4.98 Å². The van der Waals surface area contributed by atoms with Crippen LogP contribution in [0.25, 0.3) is 0 Å². The van der Waals surface area contributed by atoms with Gasteiger partial charge in [0.15, 0.2) is 11.5 Å². The molecule has 0 radical (unpaired) electrons. The Morgan fingerprint density at radius 1 is 1.00 bits per heavy atom. The quantitative estimate of drug-likeness (QED) is 0.477. The van der Waals surface area contributed by atoms with Crippen molar-refractivity contribution in [3.05, 3.63) is 71.5 Å². The Labute approximate surface area is 218 Å². The van der Waals surface area contributed by atoms with Gasteiger partial charge in [0, 0.05) is 12.1 Å². The van der Waals surface area contributed by atoms with Gasteiger partial charge < -0.3 is 10.5 Å². The van der Waals surface area contributed by atoms with Crippen molar-refractivity contribution in [3.63, 3.8) is 0 Å². The summed E-state index contributed by atoms with van der Waals surface area (Å²) in [7, 11) is -3.48. The second kappa shape index (κ2) is 9.87. The van der Waals surface area contributed by atoms with E-state index in [0.29, 0.717) is 40.7 Å². The molecule has 0 bridgehead atoms. The Bertz CT molecular complexity index is 1410. The number of aryl methyl sites for hydroxylation is 1. The molecule has 1 aliphatic heterocycles. The Morgan fingerprint density at radius 2 is 1.68 bits per heavy atom. The lowest BCUT2D eigenvalue weighted by Gasteiger charge is -2.32. The summed E-state index contributed by atoms with van der Waals surface area (Å²) >= 11 is 0. The molecule has 1 aromatic heterocycles. The molecule has 194 valence electrons. The molecule has 1 fully saturated rings. The molecule has 2 aliphatic rings. The summed E-state index contributed by atoms with van der Waals surface area (Å²) in [6.07, 6.45) is 5.44. The fourth-order valence-electron chi connectivity index (χ4n) is 5.15. The standard InChI is InChI=1S/C28H33N5O3S/c1-18-4-14-23(15-5-18)37(34,35)32-16-19-6-8-20(9-7-19)21-10-12-22(13-11-21)25-28(2,3)36-27-24(33-25)26(29)30-17-31-27/h4-5,10-15,17,19-20,32H,6-9,16H2,1-3H3,(H2,29,30,31)/t19-,20-. The van der Waals surface area contributed by atoms with Crippen molar-refractivity contribution >= 4 is 27.2 Å². The number of aromatic nitrogens is 2. The van der Waals surface area contributed by atoms with Gasteiger partial charge in [0.2, 0.25) is 15.9 Å². The number of benzene rings is 2. The minimum Gasteiger partial charge on any atom is -0.463 e. The summed E-state index contributed by atoms with van der Waals surface area (Å²) in [6, 6.07) is 15.5. The van der Waals surface area contributed by atoms with Crippen LogP contribution in [0.5, 0.6) is 5.88 Å². The Balaban J connectivity index is 1.21. The van der Waals surface area contributed by atoms with Crippen LogP contribution in [0.15, 0.2) is 64.7 Å². The molecule has 5 rings (SSSR count). The number of nitrogens with zero attached hydrogens (tertiary/aromatic N) is 3. The maximum Gasteiger partial charge on any atom is 0.246 e. The number of sulfonamides is 1. The molecule has 2 aromatic carbocycles. The van der Waals surface area contributed by atoms with Crippen LogP contribution in [-0.2, 0) is 10.0 Å². The summed E-state index contributed by atoms with van der Waals surface area (Å²) in [5.74, 6) is 1.50. The van der Waals surface area contributed by atoms with Gasteiger partial charge in [-0.3, -0.25) is 0 Å². The smallest absolute Gasteiger partial charge is 0.246 e. The third-order valence-electron chi connectivity index (χ3n) is 7.36. The summed E-state index contributed by atoms with van der Waals surface area (Å²) < 4.78 is 34.2. The van der Waals surface area contributed by atoms with Gasteiger partial charge in [0.25, 0.3) is 0 Å². The van der Waals surface area contributed by atoms with Crippen molar-refractivity contribution in [1.29, 1.82) is 0 Å². The molecule has 0 atom stereocenters. The van der Waals surface area contributed by atoms with Gasteiger partial charge in [-0.15, -0.1) is 0 Å². The average Bonchev–Trinajstić information content (AvgIpc) is 2.88. The molecule has 2 heterocycles. The predicted molar refractivity (Wildman–Crippen MR) is 145 cm³/mol. The van der Waals surface area contributed by atoms with Gasteiger partial charge in [0.1, 0.15) is 11.9 Å². The highest BCUT2D eigenvalue weighted by molar-refractivity contribution is 7.89. The number of hydrogen-bond acceptors (Lipinski definition) is 7. The van der Waals surface area contributed by atoms with Crippen molar-refractivity contribution in [2.45, 2.75) is 62.9 Å². The van der Waals surface area contributed by atoms with Crippen LogP contribution in [-0.4, -0.2) is 36.2 Å². The maximum atomic E-state index is 12.6. The first-order valence-electron chi connectivity index (χ1n) is 12.7. The fourth-order valence-corrected chi connectivity index (χ4v) is 6.26. The van der Waals surface area contributed by atoms with E-state index in [1.165, 1.54) is 11.9 Å². The van der Waals surface area contributed by atoms with Crippen molar-refractivity contribution in [2.24, 2.45) is 10.9 Å². The number of nitrogen functional groups attached to an aromatic ring is 1. The summed E-state index contributed by atoms with van der Waals surface area (Å²) in [5, 5.41) is 0. The van der Waals surface area contributed by atoms with Gasteiger partial charge in [-0.1, -0.05) is 42.0 Å². The first kappa shape index (κ1) is 25.4. The lowest BCUT2D eigenvalue weighted by Crippen LogP contribution is -2.41. The zero-order valence-corrected chi connectivity index (χ0v) is 22.3. The van der Waals surface area contributed by atoms with E-state index < -0.39 is 15.6 Å². The van der Waals surface area contributed by atoms with Crippen LogP contribution < -0.4 is 15.2 Å². The van der Waals surface area contributed by atoms with Crippen molar-refractivity contribution < 1.29 is 13.2 Å². The molecule has 0 saturated heterocycles. The van der Waals surface area contributed by atoms with E-state index in [0.717, 1.165) is 42.5 Å². The number of rotatable bonds is 6. The number of hydrogen-bond donors (Lipinski definition) is 2. The number of anilines is 1. The minimum atomic E-state index is -3.48. The van der Waals surface area contributed by atoms with Crippen LogP contribution in [0.4, 0.5) is 11.5 Å². The van der Waals surface area contributed by atoms with E-state index in [9.17, 15) is 8.42 Å². The summed E-state index contributed by atoms with van der Waals surface area (Å²) in [4.78, 5) is 13.3. The van der Waals surface area contributed by atoms with E-state index >= 15 is 0 Å². The summed E-state index contributed by atoms with van der Waals surface area (Å²) in [5.41, 5.74) is 9.92. The number of fused-ring (bicyclic) bond motifs is 1. The van der Waals surface area contributed by atoms with Crippen molar-refractivity contribution in [2.75, 3.05) is 12.3 Å². The average molecular weight is 520 g/mol. The lowest BCUT2D eigenvalue weighted by molar-refractivity contribution is 0.171. The van der Waals surface area contributed by atoms with Gasteiger partial charge in [-0.05, 0) is 76.0 Å². The topological polar surface area (TPSA) is 120 Å². The highest BCUT2D eigenvalue weighted by Crippen LogP contribution is 2.40. The molecule has 3 aromatic rings. The number of aliphatic imine (C=N–C) groups is 1. The monoisotopic (exact) mass is 519 g/mol. The highest BCUT2D eigenvalue weighted by atomic mass is 32.2. The van der Waals surface area contributed by atoms with E-state index in [1.807, 2.05) is 32.9 Å². The van der Waals surface area contributed by atoms with E-state index in [2.05, 4.69) is 39.0 Å². The number of nitrogens with one attached hydrogen (secondary N) is 1. The number of ether oxygens (including phenoxy) is 1. The summed E-state index contributed by atoms with van der Waals surface area (Å²) in [6.45, 7) is 6.36. The Kier molecular flexibility index (Phi) is 6.76. The molecule has 37 heavy (non-hydrogen) atoms. The zero-order chi connectivity index (χ0) is 26.2. The highest BCUT2D eigenvalue weighted by Gasteiger charge is 2.35. The third-order valence-corrected chi connectivity index (χ3v) is 8.80. The Hall–Kier alpha value is -3.30. The minimum absolute atomic E-state index is 0.299. The lowest BCUT2D eigenvalue weighted by atomic mass is 9.78. The molecule has 0 unspecified atom stereocenters. The van der Waals surface area contributed by atoms with E-state index in [4.69, 9.17) is 15.5 Å². The van der Waals surface area contributed by atoms with E-state index in [1.54, 1.807) is 12.1 Å².